The Kier molecular flexibility index (Phi) is 2.24. The highest BCUT2D eigenvalue weighted by molar-refractivity contribution is 6.17. The van der Waals surface area contributed by atoms with E-state index < -0.39 is 5.97 Å². The second kappa shape index (κ2) is 3.00. The molecule has 0 saturated heterocycles. The van der Waals surface area contributed by atoms with Crippen molar-refractivity contribution in [1.82, 2.24) is 9.32 Å². The first-order chi connectivity index (χ1) is 5.15. The van der Waals surface area contributed by atoms with Crippen LogP contribution in [0, 0.1) is 6.20 Å². The fourth-order valence-electron chi connectivity index (χ4n) is 0.769. The largest absolute Gasteiger partial charge is 0.464 e. The number of carbonyl (C=O) groups excluding carboxylic acids is 1. The van der Waals surface area contributed by atoms with Gasteiger partial charge in [-0.15, -0.1) is 0 Å². The fraction of sp³-hybridized carbons (Fsp3) is 0.500. The topological polar surface area (TPSA) is 32.8 Å². The highest BCUT2D eigenvalue weighted by Gasteiger charge is 2.24. The lowest BCUT2D eigenvalue weighted by Gasteiger charge is -2.10. The van der Waals surface area contributed by atoms with Crippen LogP contribution in [0.5, 0.6) is 0 Å². The molecule has 1 rings (SSSR count). The molecule has 5 heteroatoms. The first kappa shape index (κ1) is 8.20. The highest BCUT2D eigenvalue weighted by Crippen LogP contribution is 2.16. The second-order valence-corrected chi connectivity index (χ2v) is 2.56. The summed E-state index contributed by atoms with van der Waals surface area (Å²) in [5.74, 6) is -0.468. The van der Waals surface area contributed by atoms with E-state index in [0.29, 0.717) is 6.67 Å². The summed E-state index contributed by atoms with van der Waals surface area (Å²) in [5, 5.41) is 0. The van der Waals surface area contributed by atoms with Gasteiger partial charge in [-0.05, 0) is 0 Å². The van der Waals surface area contributed by atoms with Crippen molar-refractivity contribution in [3.63, 3.8) is 0 Å². The van der Waals surface area contributed by atoms with Crippen LogP contribution >= 0.6 is 11.8 Å². The van der Waals surface area contributed by atoms with E-state index >= 15 is 0 Å². The van der Waals surface area contributed by atoms with E-state index in [4.69, 9.17) is 11.8 Å². The summed E-state index contributed by atoms with van der Waals surface area (Å²) in [6.07, 6.45) is 2.72. The van der Waals surface area contributed by atoms with Gasteiger partial charge in [0.15, 0.2) is 5.70 Å². The number of rotatable bonds is 1. The molecule has 61 valence electrons. The number of hydrogen-bond acceptors (Lipinski definition) is 4. The number of methoxy groups -OCH3 is 1. The number of hydrogen-bond donors (Lipinski definition) is 0. The number of nitrogens with zero attached hydrogens (tertiary/aromatic N) is 2. The van der Waals surface area contributed by atoms with Crippen molar-refractivity contribution in [2.75, 3.05) is 20.8 Å². The van der Waals surface area contributed by atoms with Crippen LogP contribution in [0.2, 0.25) is 0 Å². The van der Waals surface area contributed by atoms with Gasteiger partial charge in [0.1, 0.15) is 6.67 Å². The first-order valence-corrected chi connectivity index (χ1v) is 3.35. The maximum absolute atomic E-state index is 10.9. The van der Waals surface area contributed by atoms with Crippen molar-refractivity contribution in [1.29, 1.82) is 0 Å². The Hall–Kier alpha value is -0.900. The monoisotopic (exact) mass is 175 g/mol. The van der Waals surface area contributed by atoms with Gasteiger partial charge in [0.25, 0.3) is 0 Å². The van der Waals surface area contributed by atoms with Crippen molar-refractivity contribution < 1.29 is 9.53 Å². The zero-order valence-electron chi connectivity index (χ0n) is 6.30. The zero-order chi connectivity index (χ0) is 8.43. The minimum Gasteiger partial charge on any atom is -0.464 e. The van der Waals surface area contributed by atoms with Gasteiger partial charge in [-0.1, -0.05) is 0 Å². The Balaban J connectivity index is 2.71. The van der Waals surface area contributed by atoms with E-state index in [-0.39, 0.29) is 5.70 Å². The van der Waals surface area contributed by atoms with Crippen molar-refractivity contribution in [3.05, 3.63) is 11.9 Å². The molecule has 0 N–H and O–H groups in total. The van der Waals surface area contributed by atoms with Gasteiger partial charge in [0, 0.05) is 18.8 Å². The van der Waals surface area contributed by atoms with Crippen LogP contribution in [0.3, 0.4) is 0 Å². The Morgan fingerprint density at radius 2 is 2.45 bits per heavy atom. The third-order valence-corrected chi connectivity index (χ3v) is 1.53. The summed E-state index contributed by atoms with van der Waals surface area (Å²) in [6, 6.07) is 0. The minimum atomic E-state index is -0.468. The predicted molar refractivity (Wildman–Crippen MR) is 39.1 cm³/mol. The van der Waals surface area contributed by atoms with Crippen LogP contribution in [-0.2, 0) is 9.53 Å². The van der Waals surface area contributed by atoms with E-state index in [1.807, 2.05) is 0 Å². The highest BCUT2D eigenvalue weighted by atomic mass is 35.5. The van der Waals surface area contributed by atoms with Gasteiger partial charge in [0.2, 0.25) is 0 Å². The smallest absolute Gasteiger partial charge is 0.357 e. The van der Waals surface area contributed by atoms with Crippen LogP contribution < -0.4 is 0 Å². The molecule has 4 nitrogen and oxygen atoms in total. The molecule has 1 heterocycles. The summed E-state index contributed by atoms with van der Waals surface area (Å²) < 4.78 is 5.72. The number of ether oxygens (including phenoxy) is 1. The second-order valence-electron chi connectivity index (χ2n) is 2.15. The molecule has 0 unspecified atom stereocenters. The van der Waals surface area contributed by atoms with Gasteiger partial charge in [-0.3, -0.25) is 4.42 Å². The summed E-state index contributed by atoms with van der Waals surface area (Å²) in [4.78, 5) is 12.6. The maximum Gasteiger partial charge on any atom is 0.357 e. The Morgan fingerprint density at radius 3 is 2.82 bits per heavy atom. The third-order valence-electron chi connectivity index (χ3n) is 1.25. The quantitative estimate of drug-likeness (QED) is 0.420. The lowest BCUT2D eigenvalue weighted by Crippen LogP contribution is -2.19. The van der Waals surface area contributed by atoms with E-state index in [1.54, 1.807) is 11.9 Å². The molecule has 0 aromatic rings. The number of halogens is 1. The predicted octanol–water partition coefficient (Wildman–Crippen LogP) is 0.163. The number of esters is 1. The summed E-state index contributed by atoms with van der Waals surface area (Å²) in [5.41, 5.74) is 0.247. The van der Waals surface area contributed by atoms with Crippen molar-refractivity contribution >= 4 is 17.7 Å². The summed E-state index contributed by atoms with van der Waals surface area (Å²) >= 11 is 5.64. The summed E-state index contributed by atoms with van der Waals surface area (Å²) in [6.45, 7) is 0.450. The number of carbonyl (C=O) groups is 1. The molecule has 0 saturated carbocycles. The molecule has 0 aromatic heterocycles. The van der Waals surface area contributed by atoms with Gasteiger partial charge in [-0.2, -0.15) is 0 Å². The van der Waals surface area contributed by atoms with Gasteiger partial charge in [-0.25, -0.2) is 4.79 Å². The Bertz CT molecular complexity index is 205. The molecule has 1 aliphatic rings. The Morgan fingerprint density at radius 1 is 1.82 bits per heavy atom. The fourth-order valence-corrected chi connectivity index (χ4v) is 1.04. The Labute approximate surface area is 70.1 Å². The van der Waals surface area contributed by atoms with E-state index in [9.17, 15) is 4.79 Å². The lowest BCUT2D eigenvalue weighted by molar-refractivity contribution is -0.137. The molecule has 0 bridgehead atoms. The molecule has 0 amide bonds. The molecule has 1 radical (unpaired) electrons. The zero-order valence-corrected chi connectivity index (χ0v) is 7.05. The first-order valence-electron chi connectivity index (χ1n) is 3.01. The van der Waals surface area contributed by atoms with Gasteiger partial charge < -0.3 is 9.64 Å². The molecule has 1 aliphatic heterocycles. The van der Waals surface area contributed by atoms with Gasteiger partial charge >= 0.3 is 5.97 Å². The van der Waals surface area contributed by atoms with Crippen LogP contribution in [0.1, 0.15) is 0 Å². The van der Waals surface area contributed by atoms with Crippen LogP contribution in [0.25, 0.3) is 0 Å². The van der Waals surface area contributed by atoms with Crippen molar-refractivity contribution in [2.45, 2.75) is 0 Å². The molecule has 11 heavy (non-hydrogen) atoms. The van der Waals surface area contributed by atoms with Crippen LogP contribution in [0.15, 0.2) is 5.70 Å². The molecular weight excluding hydrogens is 168 g/mol. The average molecular weight is 176 g/mol. The van der Waals surface area contributed by atoms with Gasteiger partial charge in [0.05, 0.1) is 13.3 Å². The normalized spacial score (nSPS) is 16.8. The molecule has 0 aromatic carbocycles. The van der Waals surface area contributed by atoms with E-state index in [2.05, 4.69) is 10.9 Å². The van der Waals surface area contributed by atoms with E-state index in [1.165, 1.54) is 11.5 Å². The van der Waals surface area contributed by atoms with Crippen molar-refractivity contribution in [3.8, 4) is 0 Å². The molecular formula is C6H8ClN2O2. The van der Waals surface area contributed by atoms with Crippen molar-refractivity contribution in [2.24, 2.45) is 0 Å². The lowest BCUT2D eigenvalue weighted by atomic mass is 10.5. The molecule has 0 aliphatic carbocycles. The summed E-state index contributed by atoms with van der Waals surface area (Å²) in [7, 11) is 3.07. The van der Waals surface area contributed by atoms with E-state index in [0.717, 1.165) is 0 Å². The molecule has 0 spiro atoms. The molecule has 0 atom stereocenters. The average Bonchev–Trinajstić information content (AvgIpc) is 2.28. The standard InChI is InChI=1S/C6H8ClN2O2/c1-8-3-5(6(10)11-2)9(7)4-8/h4H2,1-2H3. The third kappa shape index (κ3) is 1.57. The SMILES string of the molecule is COC(=O)C1=[C]N(C)CN1Cl. The maximum atomic E-state index is 10.9. The van der Waals surface area contributed by atoms with Crippen LogP contribution in [0.4, 0.5) is 0 Å². The van der Waals surface area contributed by atoms with Crippen LogP contribution in [-0.4, -0.2) is 36.1 Å². The minimum absolute atomic E-state index is 0.247. The molecule has 0 fully saturated rings.